The van der Waals surface area contributed by atoms with Crippen LogP contribution in [0.25, 0.3) is 0 Å². The summed E-state index contributed by atoms with van der Waals surface area (Å²) in [6.45, 7) is 2.72. The lowest BCUT2D eigenvalue weighted by Crippen LogP contribution is -2.48. The minimum atomic E-state index is -4.65. The molecule has 1 aromatic rings. The highest BCUT2D eigenvalue weighted by Gasteiger charge is 2.37. The molecule has 0 saturated heterocycles. The van der Waals surface area contributed by atoms with E-state index in [0.29, 0.717) is 0 Å². The van der Waals surface area contributed by atoms with Gasteiger partial charge in [0, 0.05) is 19.7 Å². The van der Waals surface area contributed by atoms with Crippen LogP contribution in [0.15, 0.2) is 24.3 Å². The lowest BCUT2D eigenvalue weighted by atomic mass is 9.80. The van der Waals surface area contributed by atoms with Crippen molar-refractivity contribution in [2.45, 2.75) is 44.2 Å². The lowest BCUT2D eigenvalue weighted by Gasteiger charge is -2.41. The Labute approximate surface area is 122 Å². The van der Waals surface area contributed by atoms with E-state index in [1.807, 2.05) is 6.92 Å². The Bertz CT molecular complexity index is 449. The number of halogens is 3. The number of methoxy groups -OCH3 is 1. The second-order valence-electron chi connectivity index (χ2n) is 5.46. The van der Waals surface area contributed by atoms with Crippen LogP contribution in [0.5, 0.6) is 5.75 Å². The van der Waals surface area contributed by atoms with Crippen molar-refractivity contribution in [3.05, 3.63) is 29.8 Å². The number of alkyl halides is 3. The zero-order chi connectivity index (χ0) is 15.5. The molecule has 1 aliphatic rings. The van der Waals surface area contributed by atoms with Crippen molar-refractivity contribution in [2.24, 2.45) is 0 Å². The minimum Gasteiger partial charge on any atom is -0.406 e. The van der Waals surface area contributed by atoms with Gasteiger partial charge < -0.3 is 14.8 Å². The topological polar surface area (TPSA) is 30.5 Å². The molecule has 1 unspecified atom stereocenters. The molecule has 0 aliphatic heterocycles. The summed E-state index contributed by atoms with van der Waals surface area (Å²) in [6.07, 6.45) is -1.39. The quantitative estimate of drug-likeness (QED) is 0.867. The minimum absolute atomic E-state index is 0.0394. The van der Waals surface area contributed by atoms with E-state index in [4.69, 9.17) is 4.74 Å². The molecule has 3 nitrogen and oxygen atoms in total. The maximum atomic E-state index is 12.1. The van der Waals surface area contributed by atoms with E-state index in [-0.39, 0.29) is 17.4 Å². The third kappa shape index (κ3) is 4.35. The Morgan fingerprint density at radius 2 is 1.86 bits per heavy atom. The Morgan fingerprint density at radius 3 is 2.29 bits per heavy atom. The van der Waals surface area contributed by atoms with Gasteiger partial charge in [0.15, 0.2) is 0 Å². The standard InChI is InChI=1S/C15H20F3NO2/c1-11(19-10-14(20-2)8-3-9-14)12-4-6-13(7-5-12)21-15(16,17)18/h4-7,11,19H,3,8-10H2,1-2H3. The average molecular weight is 303 g/mol. The summed E-state index contributed by atoms with van der Waals surface area (Å²) in [7, 11) is 1.72. The predicted molar refractivity (Wildman–Crippen MR) is 73.1 cm³/mol. The summed E-state index contributed by atoms with van der Waals surface area (Å²) in [5.41, 5.74) is 0.836. The molecule has 1 aliphatic carbocycles. The normalized spacial score (nSPS) is 18.9. The molecule has 1 N–H and O–H groups in total. The van der Waals surface area contributed by atoms with Crippen molar-refractivity contribution in [3.8, 4) is 5.75 Å². The van der Waals surface area contributed by atoms with E-state index in [1.165, 1.54) is 18.6 Å². The van der Waals surface area contributed by atoms with Gasteiger partial charge in [0.05, 0.1) is 5.60 Å². The first-order chi connectivity index (χ1) is 9.84. The number of nitrogens with one attached hydrogen (secondary N) is 1. The first-order valence-corrected chi connectivity index (χ1v) is 6.98. The fourth-order valence-corrected chi connectivity index (χ4v) is 2.44. The average Bonchev–Trinajstić information content (AvgIpc) is 2.36. The van der Waals surface area contributed by atoms with Crippen LogP contribution < -0.4 is 10.1 Å². The first-order valence-electron chi connectivity index (χ1n) is 6.98. The Kier molecular flexibility index (Phi) is 4.78. The van der Waals surface area contributed by atoms with Crippen LogP contribution in [0.3, 0.4) is 0 Å². The number of ether oxygens (including phenoxy) is 2. The van der Waals surface area contributed by atoms with Crippen molar-refractivity contribution >= 4 is 0 Å². The SMILES string of the molecule is COC1(CNC(C)c2ccc(OC(F)(F)F)cc2)CCC1. The van der Waals surface area contributed by atoms with Gasteiger partial charge in [-0.2, -0.15) is 0 Å². The van der Waals surface area contributed by atoms with Gasteiger partial charge in [0.1, 0.15) is 5.75 Å². The van der Waals surface area contributed by atoms with Crippen LogP contribution in [0, 0.1) is 0 Å². The fourth-order valence-electron chi connectivity index (χ4n) is 2.44. The zero-order valence-corrected chi connectivity index (χ0v) is 12.2. The van der Waals surface area contributed by atoms with Gasteiger partial charge in [-0.25, -0.2) is 0 Å². The molecular weight excluding hydrogens is 283 g/mol. The van der Waals surface area contributed by atoms with Crippen molar-refractivity contribution in [3.63, 3.8) is 0 Å². The van der Waals surface area contributed by atoms with Crippen LogP contribution in [0.2, 0.25) is 0 Å². The second kappa shape index (κ2) is 6.23. The number of benzene rings is 1. The molecule has 1 aromatic carbocycles. The maximum Gasteiger partial charge on any atom is 0.573 e. The Hall–Kier alpha value is -1.27. The molecule has 21 heavy (non-hydrogen) atoms. The summed E-state index contributed by atoms with van der Waals surface area (Å²) in [6, 6.07) is 5.97. The van der Waals surface area contributed by atoms with Gasteiger partial charge in [-0.05, 0) is 43.9 Å². The molecule has 0 aromatic heterocycles. The molecule has 6 heteroatoms. The summed E-state index contributed by atoms with van der Waals surface area (Å²) >= 11 is 0. The number of rotatable bonds is 6. The van der Waals surface area contributed by atoms with Crippen LogP contribution >= 0.6 is 0 Å². The summed E-state index contributed by atoms with van der Waals surface area (Å²) < 4.78 is 45.6. The monoisotopic (exact) mass is 303 g/mol. The number of hydrogen-bond donors (Lipinski definition) is 1. The predicted octanol–water partition coefficient (Wildman–Crippen LogP) is 3.80. The van der Waals surface area contributed by atoms with E-state index in [9.17, 15) is 13.2 Å². The van der Waals surface area contributed by atoms with Crippen LogP contribution in [0.1, 0.15) is 37.8 Å². The van der Waals surface area contributed by atoms with E-state index in [2.05, 4.69) is 10.1 Å². The van der Waals surface area contributed by atoms with Gasteiger partial charge in [-0.3, -0.25) is 0 Å². The van der Waals surface area contributed by atoms with Gasteiger partial charge in [-0.15, -0.1) is 13.2 Å². The molecule has 1 saturated carbocycles. The molecule has 1 fully saturated rings. The van der Waals surface area contributed by atoms with Crippen LogP contribution in [-0.2, 0) is 4.74 Å². The first kappa shape index (κ1) is 16.1. The third-order valence-corrected chi connectivity index (χ3v) is 4.04. The van der Waals surface area contributed by atoms with Crippen LogP contribution in [0.4, 0.5) is 13.2 Å². The molecule has 1 atom stereocenters. The van der Waals surface area contributed by atoms with Gasteiger partial charge >= 0.3 is 6.36 Å². The summed E-state index contributed by atoms with van der Waals surface area (Å²) in [5, 5.41) is 3.37. The highest BCUT2D eigenvalue weighted by atomic mass is 19.4. The highest BCUT2D eigenvalue weighted by Crippen LogP contribution is 2.34. The van der Waals surface area contributed by atoms with E-state index in [1.54, 1.807) is 19.2 Å². The highest BCUT2D eigenvalue weighted by molar-refractivity contribution is 5.29. The maximum absolute atomic E-state index is 12.1. The van der Waals surface area contributed by atoms with E-state index >= 15 is 0 Å². The Balaban J connectivity index is 1.89. The summed E-state index contributed by atoms with van der Waals surface area (Å²) in [5.74, 6) is -0.203. The molecule has 0 amide bonds. The van der Waals surface area contributed by atoms with Crippen molar-refractivity contribution in [1.29, 1.82) is 0 Å². The fraction of sp³-hybridized carbons (Fsp3) is 0.600. The summed E-state index contributed by atoms with van der Waals surface area (Å²) in [4.78, 5) is 0. The molecular formula is C15H20F3NO2. The lowest BCUT2D eigenvalue weighted by molar-refractivity contribution is -0.274. The molecule has 2 rings (SSSR count). The second-order valence-corrected chi connectivity index (χ2v) is 5.46. The van der Waals surface area contributed by atoms with Crippen LogP contribution in [-0.4, -0.2) is 25.6 Å². The van der Waals surface area contributed by atoms with Crippen molar-refractivity contribution in [2.75, 3.05) is 13.7 Å². The molecule has 0 spiro atoms. The van der Waals surface area contributed by atoms with Gasteiger partial charge in [0.2, 0.25) is 0 Å². The molecule has 0 bridgehead atoms. The van der Waals surface area contributed by atoms with Crippen molar-refractivity contribution in [1.82, 2.24) is 5.32 Å². The van der Waals surface area contributed by atoms with Gasteiger partial charge in [0.25, 0.3) is 0 Å². The Morgan fingerprint density at radius 1 is 1.24 bits per heavy atom. The third-order valence-electron chi connectivity index (χ3n) is 4.04. The van der Waals surface area contributed by atoms with Gasteiger partial charge in [-0.1, -0.05) is 12.1 Å². The largest absolute Gasteiger partial charge is 0.573 e. The molecule has 0 radical (unpaired) electrons. The van der Waals surface area contributed by atoms with E-state index < -0.39 is 6.36 Å². The molecule has 0 heterocycles. The zero-order valence-electron chi connectivity index (χ0n) is 12.2. The number of hydrogen-bond acceptors (Lipinski definition) is 3. The van der Waals surface area contributed by atoms with Crippen molar-refractivity contribution < 1.29 is 22.6 Å². The molecule has 118 valence electrons. The smallest absolute Gasteiger partial charge is 0.406 e. The van der Waals surface area contributed by atoms with E-state index in [0.717, 1.165) is 24.9 Å².